The highest BCUT2D eigenvalue weighted by Crippen LogP contribution is 2.27. The lowest BCUT2D eigenvalue weighted by atomic mass is 10.0. The van der Waals surface area contributed by atoms with Crippen LogP contribution in [0.3, 0.4) is 0 Å². The molecule has 2 bridgehead atoms. The summed E-state index contributed by atoms with van der Waals surface area (Å²) in [6.07, 6.45) is 2.92. The van der Waals surface area contributed by atoms with Crippen molar-refractivity contribution >= 4 is 15.8 Å². The summed E-state index contributed by atoms with van der Waals surface area (Å²) in [5, 5.41) is 3.50. The van der Waals surface area contributed by atoms with Gasteiger partial charge >= 0.3 is 0 Å². The second-order valence-electron chi connectivity index (χ2n) is 6.98. The van der Waals surface area contributed by atoms with Crippen molar-refractivity contribution in [1.82, 2.24) is 9.62 Å². The van der Waals surface area contributed by atoms with E-state index in [1.807, 2.05) is 6.07 Å². The average Bonchev–Trinajstić information content (AvgIpc) is 3.00. The van der Waals surface area contributed by atoms with Gasteiger partial charge in [0.05, 0.1) is 4.90 Å². The van der Waals surface area contributed by atoms with Crippen LogP contribution >= 0.6 is 0 Å². The smallest absolute Gasteiger partial charge is 0.243 e. The van der Waals surface area contributed by atoms with Crippen molar-refractivity contribution in [2.24, 2.45) is 0 Å². The van der Waals surface area contributed by atoms with Gasteiger partial charge in [0, 0.05) is 36.3 Å². The molecule has 5 nitrogen and oxygen atoms in total. The van der Waals surface area contributed by atoms with Crippen LogP contribution in [0.25, 0.3) is 0 Å². The van der Waals surface area contributed by atoms with Crippen LogP contribution in [-0.4, -0.2) is 43.7 Å². The molecule has 2 aliphatic heterocycles. The fourth-order valence-electron chi connectivity index (χ4n) is 3.89. The summed E-state index contributed by atoms with van der Waals surface area (Å²) in [6.45, 7) is 0.955. The lowest BCUT2D eigenvalue weighted by molar-refractivity contribution is 0.103. The average molecular weight is 370 g/mol. The first-order valence-corrected chi connectivity index (χ1v) is 10.4. The number of carbonyl (C=O) groups excluding carboxylic acids is 1. The van der Waals surface area contributed by atoms with Gasteiger partial charge in [0.2, 0.25) is 10.0 Å². The van der Waals surface area contributed by atoms with Crippen LogP contribution in [0.1, 0.15) is 35.2 Å². The van der Waals surface area contributed by atoms with Crippen molar-refractivity contribution in [3.05, 3.63) is 65.7 Å². The van der Waals surface area contributed by atoms with Crippen molar-refractivity contribution < 1.29 is 13.2 Å². The first-order chi connectivity index (χ1) is 12.6. The molecule has 0 aliphatic carbocycles. The first kappa shape index (κ1) is 17.4. The van der Waals surface area contributed by atoms with Crippen LogP contribution in [0.2, 0.25) is 0 Å². The van der Waals surface area contributed by atoms with E-state index in [2.05, 4.69) is 5.32 Å². The number of benzene rings is 2. The van der Waals surface area contributed by atoms with E-state index in [0.29, 0.717) is 24.7 Å². The van der Waals surface area contributed by atoms with E-state index in [0.717, 1.165) is 19.3 Å². The van der Waals surface area contributed by atoms with Gasteiger partial charge in [0.25, 0.3) is 0 Å². The standard InChI is InChI=1S/C20H22N2O3S/c23-20(15-6-2-1-3-7-15)18-8-4-5-9-19(18)26(24,25)22-13-12-16-10-11-17(14-22)21-16/h1-9,16-17,21H,10-14H2. The SMILES string of the molecule is O=C(c1ccccc1)c1ccccc1S(=O)(=O)N1CCC2CCC(C1)N2. The molecule has 2 fully saturated rings. The van der Waals surface area contributed by atoms with Gasteiger partial charge in [0.1, 0.15) is 0 Å². The topological polar surface area (TPSA) is 66.5 Å². The molecule has 1 N–H and O–H groups in total. The summed E-state index contributed by atoms with van der Waals surface area (Å²) in [4.78, 5) is 13.0. The molecule has 136 valence electrons. The number of nitrogens with one attached hydrogen (secondary N) is 1. The maximum Gasteiger partial charge on any atom is 0.243 e. The van der Waals surface area contributed by atoms with Gasteiger partial charge in [-0.3, -0.25) is 4.79 Å². The largest absolute Gasteiger partial charge is 0.310 e. The molecular weight excluding hydrogens is 348 g/mol. The van der Waals surface area contributed by atoms with Crippen molar-refractivity contribution in [2.45, 2.75) is 36.2 Å². The number of ketones is 1. The summed E-state index contributed by atoms with van der Waals surface area (Å²) in [5.74, 6) is -0.265. The predicted molar refractivity (Wildman–Crippen MR) is 99.6 cm³/mol. The second-order valence-corrected chi connectivity index (χ2v) is 8.89. The lowest BCUT2D eigenvalue weighted by Crippen LogP contribution is -2.39. The second kappa shape index (κ2) is 6.95. The molecule has 2 heterocycles. The normalized spacial score (nSPS) is 23.5. The van der Waals surface area contributed by atoms with E-state index in [1.165, 1.54) is 0 Å². The van der Waals surface area contributed by atoms with Gasteiger partial charge in [0.15, 0.2) is 5.78 Å². The Kier molecular flexibility index (Phi) is 4.65. The molecule has 2 aromatic carbocycles. The maximum atomic E-state index is 13.3. The van der Waals surface area contributed by atoms with E-state index in [1.54, 1.807) is 52.8 Å². The summed E-state index contributed by atoms with van der Waals surface area (Å²) in [7, 11) is -3.72. The molecule has 2 aromatic rings. The molecule has 26 heavy (non-hydrogen) atoms. The van der Waals surface area contributed by atoms with Crippen molar-refractivity contribution in [3.8, 4) is 0 Å². The summed E-state index contributed by atoms with van der Waals surface area (Å²) in [6, 6.07) is 15.9. The summed E-state index contributed by atoms with van der Waals surface area (Å²) < 4.78 is 28.2. The molecular formula is C20H22N2O3S. The molecule has 2 aliphatic rings. The van der Waals surface area contributed by atoms with Gasteiger partial charge < -0.3 is 5.32 Å². The van der Waals surface area contributed by atoms with Crippen LogP contribution in [0.4, 0.5) is 0 Å². The number of hydrogen-bond donors (Lipinski definition) is 1. The molecule has 2 saturated heterocycles. The molecule has 0 amide bonds. The zero-order valence-electron chi connectivity index (χ0n) is 14.5. The molecule has 0 radical (unpaired) electrons. The minimum absolute atomic E-state index is 0.103. The van der Waals surface area contributed by atoms with Gasteiger partial charge in [-0.1, -0.05) is 42.5 Å². The van der Waals surface area contributed by atoms with E-state index in [4.69, 9.17) is 0 Å². The van der Waals surface area contributed by atoms with Crippen LogP contribution in [0, 0.1) is 0 Å². The predicted octanol–water partition coefficient (Wildman–Crippen LogP) is 2.43. The Morgan fingerprint density at radius 2 is 1.62 bits per heavy atom. The van der Waals surface area contributed by atoms with Crippen LogP contribution in [0.15, 0.2) is 59.5 Å². The van der Waals surface area contributed by atoms with Crippen molar-refractivity contribution in [2.75, 3.05) is 13.1 Å². The highest BCUT2D eigenvalue weighted by atomic mass is 32.2. The van der Waals surface area contributed by atoms with E-state index in [-0.39, 0.29) is 22.3 Å². The summed E-state index contributed by atoms with van der Waals surface area (Å²) >= 11 is 0. The highest BCUT2D eigenvalue weighted by molar-refractivity contribution is 7.89. The fourth-order valence-corrected chi connectivity index (χ4v) is 5.58. The number of rotatable bonds is 4. The molecule has 2 unspecified atom stereocenters. The molecule has 4 rings (SSSR count). The van der Waals surface area contributed by atoms with E-state index >= 15 is 0 Å². The minimum Gasteiger partial charge on any atom is -0.310 e. The molecule has 0 aromatic heterocycles. The number of hydrogen-bond acceptors (Lipinski definition) is 4. The van der Waals surface area contributed by atoms with Crippen LogP contribution < -0.4 is 5.32 Å². The number of carbonyl (C=O) groups is 1. The van der Waals surface area contributed by atoms with Gasteiger partial charge in [-0.2, -0.15) is 4.31 Å². The Balaban J connectivity index is 1.70. The third-order valence-electron chi connectivity index (χ3n) is 5.27. The van der Waals surface area contributed by atoms with Gasteiger partial charge in [-0.15, -0.1) is 0 Å². The molecule has 6 heteroatoms. The minimum atomic E-state index is -3.72. The van der Waals surface area contributed by atoms with Gasteiger partial charge in [-0.05, 0) is 31.4 Å². The quantitative estimate of drug-likeness (QED) is 0.840. The third kappa shape index (κ3) is 3.20. The highest BCUT2D eigenvalue weighted by Gasteiger charge is 2.36. The number of sulfonamides is 1. The van der Waals surface area contributed by atoms with E-state index in [9.17, 15) is 13.2 Å². The van der Waals surface area contributed by atoms with E-state index < -0.39 is 10.0 Å². The zero-order chi connectivity index (χ0) is 18.1. The van der Waals surface area contributed by atoms with Gasteiger partial charge in [-0.25, -0.2) is 8.42 Å². The Labute approximate surface area is 154 Å². The Morgan fingerprint density at radius 1 is 0.923 bits per heavy atom. The third-order valence-corrected chi connectivity index (χ3v) is 7.19. The molecule has 2 atom stereocenters. The Hall–Kier alpha value is -2.02. The van der Waals surface area contributed by atoms with Crippen LogP contribution in [-0.2, 0) is 10.0 Å². The number of nitrogens with zero attached hydrogens (tertiary/aromatic N) is 1. The molecule has 0 saturated carbocycles. The Morgan fingerprint density at radius 3 is 2.42 bits per heavy atom. The fraction of sp³-hybridized carbons (Fsp3) is 0.350. The summed E-state index contributed by atoms with van der Waals surface area (Å²) in [5.41, 5.74) is 0.729. The van der Waals surface area contributed by atoms with Crippen LogP contribution in [0.5, 0.6) is 0 Å². The van der Waals surface area contributed by atoms with Crippen molar-refractivity contribution in [1.29, 1.82) is 0 Å². The van der Waals surface area contributed by atoms with Crippen molar-refractivity contribution in [3.63, 3.8) is 0 Å². The Bertz CT molecular complexity index is 912. The maximum absolute atomic E-state index is 13.3. The monoisotopic (exact) mass is 370 g/mol. The zero-order valence-corrected chi connectivity index (χ0v) is 15.3. The lowest BCUT2D eigenvalue weighted by Gasteiger charge is -2.24. The first-order valence-electron chi connectivity index (χ1n) is 9.00. The number of fused-ring (bicyclic) bond motifs is 2. The molecule has 0 spiro atoms.